The van der Waals surface area contributed by atoms with E-state index in [9.17, 15) is 10.4 Å². The summed E-state index contributed by atoms with van der Waals surface area (Å²) in [5.41, 5.74) is 6.22. The van der Waals surface area contributed by atoms with Gasteiger partial charge in [0.15, 0.2) is 0 Å². The van der Waals surface area contributed by atoms with Gasteiger partial charge in [-0.05, 0) is 25.2 Å². The summed E-state index contributed by atoms with van der Waals surface area (Å²) in [5, 5.41) is 20.0. The number of likely N-dealkylation sites (tertiary alicyclic amines) is 1. The molecular weight excluding hydrogens is 230 g/mol. The molecule has 18 heavy (non-hydrogen) atoms. The Bertz CT molecular complexity index is 263. The molecule has 0 bridgehead atoms. The van der Waals surface area contributed by atoms with Crippen LogP contribution in [0.3, 0.4) is 0 Å². The molecule has 1 heterocycles. The predicted octanol–water partition coefficient (Wildman–Crippen LogP) is -1.08. The zero-order chi connectivity index (χ0) is 13.1. The van der Waals surface area contributed by atoms with E-state index >= 15 is 0 Å². The minimum Gasteiger partial charge on any atom is -0.600 e. The van der Waals surface area contributed by atoms with Crippen LogP contribution >= 0.6 is 0 Å². The normalized spacial score (nSPS) is 43.7. The maximum atomic E-state index is 11.3. The Labute approximate surface area is 109 Å². The molecule has 5 nitrogen and oxygen atoms in total. The highest BCUT2D eigenvalue weighted by molar-refractivity contribution is 4.74. The van der Waals surface area contributed by atoms with E-state index in [0.29, 0.717) is 5.92 Å². The molecule has 1 saturated carbocycles. The summed E-state index contributed by atoms with van der Waals surface area (Å²) in [6, 6.07) is -0.127. The highest BCUT2D eigenvalue weighted by Gasteiger charge is 2.36. The van der Waals surface area contributed by atoms with Crippen molar-refractivity contribution in [3.8, 4) is 0 Å². The summed E-state index contributed by atoms with van der Waals surface area (Å²) in [6.45, 7) is 4.34. The summed E-state index contributed by atoms with van der Waals surface area (Å²) < 4.78 is 0. The maximum Gasteiger partial charge on any atom is 0.139 e. The molecule has 2 fully saturated rings. The summed E-state index contributed by atoms with van der Waals surface area (Å²) in [5.74, 6) is 1.07. The van der Waals surface area contributed by atoms with E-state index < -0.39 is 5.23 Å². The molecule has 0 radical (unpaired) electrons. The van der Waals surface area contributed by atoms with Gasteiger partial charge in [0.1, 0.15) is 12.2 Å². The van der Waals surface area contributed by atoms with Crippen LogP contribution < -0.4 is 15.9 Å². The summed E-state index contributed by atoms with van der Waals surface area (Å²) in [7, 11) is 0. The molecule has 5 heteroatoms. The maximum absolute atomic E-state index is 11.3. The van der Waals surface area contributed by atoms with Crippen molar-refractivity contribution in [3.63, 3.8) is 0 Å². The third kappa shape index (κ3) is 3.42. The molecule has 0 amide bonds. The Balaban J connectivity index is 1.90. The number of hydrogen-bond donors (Lipinski definition) is 4. The first-order valence-electron chi connectivity index (χ1n) is 7.41. The predicted molar refractivity (Wildman–Crippen MR) is 68.9 cm³/mol. The Morgan fingerprint density at radius 3 is 2.72 bits per heavy atom. The van der Waals surface area contributed by atoms with Gasteiger partial charge in [-0.25, -0.2) is 10.4 Å². The first-order valence-corrected chi connectivity index (χ1v) is 7.41. The van der Waals surface area contributed by atoms with Gasteiger partial charge < -0.3 is 10.1 Å². The third-order valence-electron chi connectivity index (χ3n) is 4.89. The van der Waals surface area contributed by atoms with Crippen LogP contribution in [0.2, 0.25) is 0 Å². The van der Waals surface area contributed by atoms with Crippen molar-refractivity contribution in [1.82, 2.24) is 0 Å². The fourth-order valence-corrected chi connectivity index (χ4v) is 3.70. The minimum atomic E-state index is -0.599. The van der Waals surface area contributed by atoms with Crippen LogP contribution in [-0.4, -0.2) is 30.5 Å². The van der Waals surface area contributed by atoms with E-state index in [2.05, 4.69) is 6.92 Å². The van der Waals surface area contributed by atoms with Crippen molar-refractivity contribution in [2.24, 2.45) is 17.6 Å². The Hall–Kier alpha value is -0.200. The number of rotatable bonds is 3. The molecule has 6 unspecified atom stereocenters. The van der Waals surface area contributed by atoms with Crippen LogP contribution in [0.25, 0.3) is 0 Å². The van der Waals surface area contributed by atoms with Crippen molar-refractivity contribution in [2.45, 2.75) is 57.7 Å². The van der Waals surface area contributed by atoms with E-state index in [1.807, 2.05) is 0 Å². The average molecular weight is 258 g/mol. The molecule has 1 saturated heterocycles. The Morgan fingerprint density at radius 2 is 2.06 bits per heavy atom. The lowest BCUT2D eigenvalue weighted by Gasteiger charge is -2.39. The van der Waals surface area contributed by atoms with E-state index in [0.717, 1.165) is 44.7 Å². The second-order valence-corrected chi connectivity index (χ2v) is 6.34. The molecule has 2 rings (SSSR count). The van der Waals surface area contributed by atoms with Gasteiger partial charge >= 0.3 is 0 Å². The van der Waals surface area contributed by atoms with Crippen LogP contribution in [0.15, 0.2) is 0 Å². The van der Waals surface area contributed by atoms with E-state index in [1.54, 1.807) is 0 Å². The minimum absolute atomic E-state index is 0.127. The van der Waals surface area contributed by atoms with Gasteiger partial charge in [0.2, 0.25) is 0 Å². The fraction of sp³-hybridized carbons (Fsp3) is 1.00. The lowest BCUT2D eigenvalue weighted by Crippen LogP contribution is -3.20. The van der Waals surface area contributed by atoms with E-state index in [4.69, 9.17) is 5.73 Å². The highest BCUT2D eigenvalue weighted by atomic mass is 16.8. The number of hydrogen-bond acceptors (Lipinski definition) is 3. The molecule has 5 N–H and O–H groups in total. The van der Waals surface area contributed by atoms with E-state index in [1.165, 1.54) is 17.7 Å². The lowest BCUT2D eigenvalue weighted by atomic mass is 9.83. The zero-order valence-corrected chi connectivity index (χ0v) is 11.4. The number of quaternary nitrogens is 2. The van der Waals surface area contributed by atoms with E-state index in [-0.39, 0.29) is 12.2 Å². The largest absolute Gasteiger partial charge is 0.600 e. The molecule has 106 valence electrons. The smallest absolute Gasteiger partial charge is 0.139 e. The standard InChI is InChI=1S/C13H27N3O2/c1-10-6-7-15(13(14)8-10)9-11-4-2-3-5-12(11)16(17)18/h10-13,16-17H,2-9,14H2,1H3/p+1. The molecular formula is C13H28N3O2+. The molecule has 0 spiro atoms. The molecule has 0 aromatic carbocycles. The number of piperidine rings is 1. The number of hydroxylamine groups is 2. The summed E-state index contributed by atoms with van der Waals surface area (Å²) >= 11 is 0. The van der Waals surface area contributed by atoms with Gasteiger partial charge in [0.25, 0.3) is 0 Å². The zero-order valence-electron chi connectivity index (χ0n) is 11.4. The van der Waals surface area contributed by atoms with Crippen LogP contribution in [-0.2, 0) is 0 Å². The average Bonchev–Trinajstić information content (AvgIpc) is 2.33. The van der Waals surface area contributed by atoms with Gasteiger partial charge in [-0.2, -0.15) is 0 Å². The van der Waals surface area contributed by atoms with Crippen molar-refractivity contribution < 1.29 is 15.3 Å². The second-order valence-electron chi connectivity index (χ2n) is 6.34. The van der Waals surface area contributed by atoms with Crippen LogP contribution in [0.1, 0.15) is 45.4 Å². The fourth-order valence-electron chi connectivity index (χ4n) is 3.70. The quantitative estimate of drug-likeness (QED) is 0.486. The van der Waals surface area contributed by atoms with Gasteiger partial charge in [0.05, 0.1) is 19.0 Å². The topological polar surface area (TPSA) is 78.2 Å². The SMILES string of the molecule is CC1CC[NH+](CC2CCCCC2[NH+]([O-])O)C(N)C1. The lowest BCUT2D eigenvalue weighted by molar-refractivity contribution is -1.07. The van der Waals surface area contributed by atoms with Gasteiger partial charge in [0, 0.05) is 12.8 Å². The Kier molecular flexibility index (Phi) is 4.98. The van der Waals surface area contributed by atoms with Crippen molar-refractivity contribution in [1.29, 1.82) is 0 Å². The van der Waals surface area contributed by atoms with Gasteiger partial charge in [-0.3, -0.25) is 5.73 Å². The Morgan fingerprint density at radius 1 is 1.33 bits per heavy atom. The summed E-state index contributed by atoms with van der Waals surface area (Å²) in [4.78, 5) is 1.44. The molecule has 0 aromatic rings. The van der Waals surface area contributed by atoms with Gasteiger partial charge in [-0.15, -0.1) is 0 Å². The number of nitrogens with two attached hydrogens (primary N) is 1. The van der Waals surface area contributed by atoms with Crippen molar-refractivity contribution in [2.75, 3.05) is 13.1 Å². The number of nitrogens with one attached hydrogen (secondary N) is 2. The van der Waals surface area contributed by atoms with Crippen LogP contribution in [0, 0.1) is 17.0 Å². The first kappa shape index (κ1) is 14.2. The third-order valence-corrected chi connectivity index (χ3v) is 4.89. The monoisotopic (exact) mass is 258 g/mol. The van der Waals surface area contributed by atoms with Crippen LogP contribution in [0.4, 0.5) is 0 Å². The summed E-state index contributed by atoms with van der Waals surface area (Å²) in [6.07, 6.45) is 6.72. The van der Waals surface area contributed by atoms with Crippen molar-refractivity contribution >= 4 is 0 Å². The highest BCUT2D eigenvalue weighted by Crippen LogP contribution is 2.22. The first-order chi connectivity index (χ1) is 8.58. The molecule has 6 atom stereocenters. The van der Waals surface area contributed by atoms with Gasteiger partial charge in [-0.1, -0.05) is 13.3 Å². The molecule has 2 aliphatic rings. The molecule has 0 aromatic heterocycles. The second kappa shape index (κ2) is 6.30. The van der Waals surface area contributed by atoms with Crippen LogP contribution in [0.5, 0.6) is 0 Å². The molecule has 1 aliphatic heterocycles. The van der Waals surface area contributed by atoms with Crippen molar-refractivity contribution in [3.05, 3.63) is 5.21 Å². The molecule has 1 aliphatic carbocycles.